The number of non-ortho nitro benzene ring substituents is 1. The minimum Gasteiger partial charge on any atom is -0.369 e. The second-order valence-electron chi connectivity index (χ2n) is 7.58. The van der Waals surface area contributed by atoms with Crippen LogP contribution in [0.4, 0.5) is 17.1 Å². The Bertz CT molecular complexity index is 1350. The van der Waals surface area contributed by atoms with E-state index < -0.39 is 11.0 Å². The first-order valence-electron chi connectivity index (χ1n) is 10.3. The zero-order valence-corrected chi connectivity index (χ0v) is 17.8. The van der Waals surface area contributed by atoms with Crippen molar-refractivity contribution < 1.29 is 14.5 Å². The van der Waals surface area contributed by atoms with Crippen molar-refractivity contribution in [2.45, 2.75) is 13.0 Å². The van der Waals surface area contributed by atoms with Gasteiger partial charge in [-0.15, -0.1) is 0 Å². The lowest BCUT2D eigenvalue weighted by Gasteiger charge is -2.21. The van der Waals surface area contributed by atoms with Crippen molar-refractivity contribution >= 4 is 39.5 Å². The molecule has 0 aliphatic rings. The molecule has 0 aliphatic heterocycles. The molecule has 0 saturated carbocycles. The molecule has 33 heavy (non-hydrogen) atoms. The molecule has 1 amide bonds. The SMILES string of the molecule is CC(=O)c1ccccc1NC(C(=O)Nc1ccc2ccccc2c1)c1ccc([N+](=O)[O-])cc1. The van der Waals surface area contributed by atoms with Gasteiger partial charge in [0.15, 0.2) is 5.78 Å². The second-order valence-corrected chi connectivity index (χ2v) is 7.58. The summed E-state index contributed by atoms with van der Waals surface area (Å²) in [5.41, 5.74) is 2.02. The van der Waals surface area contributed by atoms with Crippen LogP contribution in [0.15, 0.2) is 91.0 Å². The highest BCUT2D eigenvalue weighted by Gasteiger charge is 2.23. The van der Waals surface area contributed by atoms with Crippen LogP contribution < -0.4 is 10.6 Å². The normalized spacial score (nSPS) is 11.5. The number of hydrogen-bond acceptors (Lipinski definition) is 5. The second kappa shape index (κ2) is 9.32. The maximum Gasteiger partial charge on any atom is 0.269 e. The van der Waals surface area contributed by atoms with Gasteiger partial charge in [-0.05, 0) is 59.7 Å². The molecule has 2 N–H and O–H groups in total. The first kappa shape index (κ1) is 21.7. The van der Waals surface area contributed by atoms with Gasteiger partial charge in [-0.1, -0.05) is 42.5 Å². The molecule has 4 rings (SSSR count). The van der Waals surface area contributed by atoms with Gasteiger partial charge in [0.2, 0.25) is 0 Å². The number of ketones is 1. The third kappa shape index (κ3) is 4.88. The number of rotatable bonds is 7. The fraction of sp³-hybridized carbons (Fsp3) is 0.0769. The molecule has 0 aromatic heterocycles. The molecule has 7 heteroatoms. The van der Waals surface area contributed by atoms with E-state index in [0.717, 1.165) is 10.8 Å². The van der Waals surface area contributed by atoms with E-state index in [9.17, 15) is 19.7 Å². The van der Waals surface area contributed by atoms with Crippen LogP contribution in [-0.2, 0) is 4.79 Å². The number of nitro benzene ring substituents is 1. The van der Waals surface area contributed by atoms with Gasteiger partial charge in [-0.25, -0.2) is 0 Å². The maximum atomic E-state index is 13.4. The van der Waals surface area contributed by atoms with E-state index in [1.54, 1.807) is 24.3 Å². The summed E-state index contributed by atoms with van der Waals surface area (Å²) in [6.07, 6.45) is 0. The summed E-state index contributed by atoms with van der Waals surface area (Å²) in [5.74, 6) is -0.507. The molecular weight excluding hydrogens is 418 g/mol. The summed E-state index contributed by atoms with van der Waals surface area (Å²) >= 11 is 0. The van der Waals surface area contributed by atoms with Crippen molar-refractivity contribution in [3.05, 3.63) is 112 Å². The lowest BCUT2D eigenvalue weighted by molar-refractivity contribution is -0.384. The van der Waals surface area contributed by atoms with E-state index in [1.807, 2.05) is 42.5 Å². The van der Waals surface area contributed by atoms with Gasteiger partial charge in [-0.3, -0.25) is 19.7 Å². The summed E-state index contributed by atoms with van der Waals surface area (Å²) in [6.45, 7) is 1.45. The number of nitrogens with one attached hydrogen (secondary N) is 2. The Morgan fingerprint density at radius 1 is 0.848 bits per heavy atom. The Kier molecular flexibility index (Phi) is 6.13. The number of hydrogen-bond donors (Lipinski definition) is 2. The predicted molar refractivity (Wildman–Crippen MR) is 128 cm³/mol. The number of carbonyl (C=O) groups excluding carboxylic acids is 2. The van der Waals surface area contributed by atoms with Gasteiger partial charge in [0.25, 0.3) is 11.6 Å². The Morgan fingerprint density at radius 3 is 2.21 bits per heavy atom. The van der Waals surface area contributed by atoms with E-state index in [-0.39, 0.29) is 17.4 Å². The highest BCUT2D eigenvalue weighted by molar-refractivity contribution is 6.02. The topological polar surface area (TPSA) is 101 Å². The van der Waals surface area contributed by atoms with Crippen LogP contribution >= 0.6 is 0 Å². The molecule has 0 spiro atoms. The quantitative estimate of drug-likeness (QED) is 0.217. The number of para-hydroxylation sites is 1. The average molecular weight is 439 g/mol. The number of nitrogens with zero attached hydrogens (tertiary/aromatic N) is 1. The zero-order chi connectivity index (χ0) is 23.4. The number of amides is 1. The summed E-state index contributed by atoms with van der Waals surface area (Å²) in [6, 6.07) is 25.2. The fourth-order valence-electron chi connectivity index (χ4n) is 3.64. The van der Waals surface area contributed by atoms with Gasteiger partial charge in [0.1, 0.15) is 6.04 Å². The Balaban J connectivity index is 1.68. The van der Waals surface area contributed by atoms with Crippen LogP contribution in [0.3, 0.4) is 0 Å². The highest BCUT2D eigenvalue weighted by Crippen LogP contribution is 2.27. The summed E-state index contributed by atoms with van der Waals surface area (Å²) < 4.78 is 0. The van der Waals surface area contributed by atoms with Crippen molar-refractivity contribution in [3.8, 4) is 0 Å². The monoisotopic (exact) mass is 439 g/mol. The molecular formula is C26H21N3O4. The van der Waals surface area contributed by atoms with Crippen molar-refractivity contribution in [2.75, 3.05) is 10.6 Å². The first-order chi connectivity index (χ1) is 15.9. The molecule has 7 nitrogen and oxygen atoms in total. The van der Waals surface area contributed by atoms with Crippen LogP contribution in [0.2, 0.25) is 0 Å². The lowest BCUT2D eigenvalue weighted by atomic mass is 10.0. The highest BCUT2D eigenvalue weighted by atomic mass is 16.6. The van der Waals surface area contributed by atoms with Crippen LogP contribution in [0, 0.1) is 10.1 Å². The minimum absolute atomic E-state index is 0.0726. The molecule has 4 aromatic rings. The molecule has 0 fully saturated rings. The van der Waals surface area contributed by atoms with Crippen molar-refractivity contribution in [1.29, 1.82) is 0 Å². The molecule has 0 heterocycles. The number of Topliss-reactive ketones (excluding diaryl/α,β-unsaturated/α-hetero) is 1. The number of benzene rings is 4. The Morgan fingerprint density at radius 2 is 1.52 bits per heavy atom. The number of anilines is 2. The predicted octanol–water partition coefficient (Wildman–Crippen LogP) is 5.74. The van der Waals surface area contributed by atoms with Gasteiger partial charge >= 0.3 is 0 Å². The smallest absolute Gasteiger partial charge is 0.269 e. The fourth-order valence-corrected chi connectivity index (χ4v) is 3.64. The Labute approximate surface area is 190 Å². The largest absolute Gasteiger partial charge is 0.369 e. The maximum absolute atomic E-state index is 13.4. The standard InChI is InChI=1S/C26H21N3O4/c1-17(30)23-8-4-5-9-24(23)28-25(19-11-14-22(15-12-19)29(32)33)26(31)27-21-13-10-18-6-2-3-7-20(18)16-21/h2-16,25,28H,1H3,(H,27,31). The third-order valence-electron chi connectivity index (χ3n) is 5.32. The molecule has 164 valence electrons. The minimum atomic E-state index is -0.891. The third-order valence-corrected chi connectivity index (χ3v) is 5.32. The van der Waals surface area contributed by atoms with Gasteiger partial charge in [0, 0.05) is 29.1 Å². The van der Waals surface area contributed by atoms with Crippen molar-refractivity contribution in [1.82, 2.24) is 0 Å². The van der Waals surface area contributed by atoms with Crippen LogP contribution in [0.1, 0.15) is 28.9 Å². The lowest BCUT2D eigenvalue weighted by Crippen LogP contribution is -2.28. The molecule has 1 unspecified atom stereocenters. The van der Waals surface area contributed by atoms with Gasteiger partial charge < -0.3 is 10.6 Å². The summed E-state index contributed by atoms with van der Waals surface area (Å²) in [7, 11) is 0. The van der Waals surface area contributed by atoms with Crippen LogP contribution in [0.25, 0.3) is 10.8 Å². The molecule has 0 aliphatic carbocycles. The van der Waals surface area contributed by atoms with Gasteiger partial charge in [-0.2, -0.15) is 0 Å². The number of nitro groups is 1. The van der Waals surface area contributed by atoms with E-state index >= 15 is 0 Å². The molecule has 1 atom stereocenters. The van der Waals surface area contributed by atoms with E-state index in [0.29, 0.717) is 22.5 Å². The number of fused-ring (bicyclic) bond motifs is 1. The Hall–Kier alpha value is -4.52. The van der Waals surface area contributed by atoms with E-state index in [2.05, 4.69) is 10.6 Å². The van der Waals surface area contributed by atoms with Gasteiger partial charge in [0.05, 0.1) is 4.92 Å². The summed E-state index contributed by atoms with van der Waals surface area (Å²) in [5, 5.41) is 19.2. The van der Waals surface area contributed by atoms with E-state index in [4.69, 9.17) is 0 Å². The van der Waals surface area contributed by atoms with Crippen LogP contribution in [-0.4, -0.2) is 16.6 Å². The average Bonchev–Trinajstić information content (AvgIpc) is 2.82. The molecule has 0 radical (unpaired) electrons. The zero-order valence-electron chi connectivity index (χ0n) is 17.8. The van der Waals surface area contributed by atoms with Crippen molar-refractivity contribution in [3.63, 3.8) is 0 Å². The van der Waals surface area contributed by atoms with E-state index in [1.165, 1.54) is 31.2 Å². The molecule has 0 saturated heterocycles. The first-order valence-corrected chi connectivity index (χ1v) is 10.3. The van der Waals surface area contributed by atoms with Crippen molar-refractivity contribution in [2.24, 2.45) is 0 Å². The number of carbonyl (C=O) groups is 2. The molecule has 4 aromatic carbocycles. The molecule has 0 bridgehead atoms. The summed E-state index contributed by atoms with van der Waals surface area (Å²) in [4.78, 5) is 36.0. The van der Waals surface area contributed by atoms with Crippen LogP contribution in [0.5, 0.6) is 0 Å².